The van der Waals surface area contributed by atoms with E-state index >= 15 is 0 Å². The molecule has 124 valence electrons. The van der Waals surface area contributed by atoms with Crippen molar-refractivity contribution in [2.24, 2.45) is 17.1 Å². The van der Waals surface area contributed by atoms with E-state index in [0.29, 0.717) is 24.7 Å². The topological polar surface area (TPSA) is 109 Å². The molecule has 3 N–H and O–H groups in total. The maximum absolute atomic E-state index is 14.5. The highest BCUT2D eigenvalue weighted by atomic mass is 19.1. The fourth-order valence-corrected chi connectivity index (χ4v) is 3.70. The minimum Gasteiger partial charge on any atom is -0.399 e. The Balaban J connectivity index is 2.36. The lowest BCUT2D eigenvalue weighted by Crippen LogP contribution is -2.47. The Hall–Kier alpha value is -3.21. The van der Waals surface area contributed by atoms with Crippen LogP contribution in [0.15, 0.2) is 41.1 Å². The lowest BCUT2D eigenvalue weighted by molar-refractivity contribution is 0.320. The number of fused-ring (bicyclic) bond motifs is 1. The largest absolute Gasteiger partial charge is 0.399 e. The van der Waals surface area contributed by atoms with Gasteiger partial charge in [-0.15, -0.1) is 0 Å². The smallest absolute Gasteiger partial charge is 0.191 e. The highest BCUT2D eigenvalue weighted by Gasteiger charge is 2.54. The summed E-state index contributed by atoms with van der Waals surface area (Å²) in [6, 6.07) is 8.79. The summed E-state index contributed by atoms with van der Waals surface area (Å²) < 4.78 is 27.8. The first-order chi connectivity index (χ1) is 12.0. The molecule has 0 bridgehead atoms. The number of nitriles is 3. The van der Waals surface area contributed by atoms with Crippen molar-refractivity contribution in [2.75, 3.05) is 13.1 Å². The summed E-state index contributed by atoms with van der Waals surface area (Å²) in [6.07, 6.45) is 1.76. The van der Waals surface area contributed by atoms with Gasteiger partial charge in [-0.1, -0.05) is 12.1 Å². The van der Waals surface area contributed by atoms with Crippen LogP contribution in [0.2, 0.25) is 0 Å². The highest BCUT2D eigenvalue weighted by molar-refractivity contribution is 5.59. The zero-order valence-electron chi connectivity index (χ0n) is 13.1. The molecule has 1 aromatic rings. The average molecular weight is 337 g/mol. The van der Waals surface area contributed by atoms with E-state index in [1.807, 2.05) is 18.2 Å². The third-order valence-electron chi connectivity index (χ3n) is 4.84. The summed E-state index contributed by atoms with van der Waals surface area (Å²) >= 11 is 0. The number of halogens is 2. The number of hydrogen-bond donors (Lipinski definition) is 2. The SMILES string of the molecule is N#CC1=C(N)C(C#N)(C#N)[C@@H](c2ccc(F)cc2F)[C@@H]2CNCC=C12. The van der Waals surface area contributed by atoms with Crippen LogP contribution < -0.4 is 11.1 Å². The van der Waals surface area contributed by atoms with Crippen molar-refractivity contribution in [3.63, 3.8) is 0 Å². The molecule has 1 aliphatic heterocycles. The fraction of sp³-hybridized carbons (Fsp3) is 0.278. The van der Waals surface area contributed by atoms with Crippen LogP contribution in [-0.2, 0) is 0 Å². The van der Waals surface area contributed by atoms with Crippen LogP contribution in [0.1, 0.15) is 11.5 Å². The molecule has 7 heteroatoms. The Bertz CT molecular complexity index is 912. The van der Waals surface area contributed by atoms with Crippen molar-refractivity contribution in [3.8, 4) is 18.2 Å². The first kappa shape index (κ1) is 16.6. The molecule has 0 fully saturated rings. The van der Waals surface area contributed by atoms with Gasteiger partial charge in [-0.2, -0.15) is 15.8 Å². The number of benzene rings is 1. The number of allylic oxidation sites excluding steroid dienone is 2. The minimum absolute atomic E-state index is 0.0315. The Kier molecular flexibility index (Phi) is 4.00. The Morgan fingerprint density at radius 2 is 1.92 bits per heavy atom. The third-order valence-corrected chi connectivity index (χ3v) is 4.84. The van der Waals surface area contributed by atoms with E-state index in [1.165, 1.54) is 6.07 Å². The maximum atomic E-state index is 14.5. The second-order valence-corrected chi connectivity index (χ2v) is 6.00. The Labute approximate surface area is 143 Å². The van der Waals surface area contributed by atoms with Gasteiger partial charge in [0.25, 0.3) is 0 Å². The van der Waals surface area contributed by atoms with Gasteiger partial charge in [-0.05, 0) is 17.2 Å². The highest BCUT2D eigenvalue weighted by Crippen LogP contribution is 2.53. The molecule has 0 aromatic heterocycles. The Morgan fingerprint density at radius 1 is 1.20 bits per heavy atom. The van der Waals surface area contributed by atoms with Crippen molar-refractivity contribution in [1.29, 1.82) is 15.8 Å². The van der Waals surface area contributed by atoms with Crippen LogP contribution in [0.5, 0.6) is 0 Å². The zero-order chi connectivity index (χ0) is 18.2. The van der Waals surface area contributed by atoms with Crippen LogP contribution in [0.4, 0.5) is 8.78 Å². The van der Waals surface area contributed by atoms with Crippen molar-refractivity contribution < 1.29 is 8.78 Å². The number of rotatable bonds is 1. The molecule has 0 spiro atoms. The van der Waals surface area contributed by atoms with E-state index < -0.39 is 28.9 Å². The van der Waals surface area contributed by atoms with E-state index in [2.05, 4.69) is 5.32 Å². The molecule has 0 amide bonds. The zero-order valence-corrected chi connectivity index (χ0v) is 13.1. The molecule has 1 aliphatic carbocycles. The second-order valence-electron chi connectivity index (χ2n) is 6.00. The van der Waals surface area contributed by atoms with Gasteiger partial charge in [-0.3, -0.25) is 0 Å². The normalized spacial score (nSPS) is 24.4. The Morgan fingerprint density at radius 3 is 2.52 bits per heavy atom. The van der Waals surface area contributed by atoms with Gasteiger partial charge in [0.2, 0.25) is 0 Å². The monoisotopic (exact) mass is 337 g/mol. The van der Waals surface area contributed by atoms with Gasteiger partial charge in [0, 0.05) is 31.0 Å². The standard InChI is InChI=1S/C18H13F2N5/c19-10-1-2-12(15(20)5-10)16-14-7-25-4-3-11(14)13(6-21)17(24)18(16,8-22)9-23/h1-3,5,14,16,25H,4,7,24H2/t14-,16+/m1/s1. The van der Waals surface area contributed by atoms with Crippen molar-refractivity contribution >= 4 is 0 Å². The van der Waals surface area contributed by atoms with Crippen molar-refractivity contribution in [1.82, 2.24) is 5.32 Å². The molecular formula is C18H13F2N5. The summed E-state index contributed by atoms with van der Waals surface area (Å²) in [5, 5.41) is 32.1. The van der Waals surface area contributed by atoms with E-state index in [0.717, 1.165) is 6.07 Å². The van der Waals surface area contributed by atoms with Gasteiger partial charge >= 0.3 is 0 Å². The molecular weight excluding hydrogens is 324 g/mol. The second kappa shape index (κ2) is 6.02. The summed E-state index contributed by atoms with van der Waals surface area (Å²) in [5.74, 6) is -3.07. The van der Waals surface area contributed by atoms with E-state index in [4.69, 9.17) is 5.73 Å². The number of nitrogens with two attached hydrogens (primary N) is 1. The molecule has 3 rings (SSSR count). The van der Waals surface area contributed by atoms with Crippen LogP contribution in [-0.4, -0.2) is 13.1 Å². The molecule has 0 unspecified atom stereocenters. The van der Waals surface area contributed by atoms with Gasteiger partial charge in [0.05, 0.1) is 23.4 Å². The quantitative estimate of drug-likeness (QED) is 0.814. The first-order valence-corrected chi connectivity index (χ1v) is 7.59. The summed E-state index contributed by atoms with van der Waals surface area (Å²) in [5.41, 5.74) is 4.68. The minimum atomic E-state index is -1.91. The summed E-state index contributed by atoms with van der Waals surface area (Å²) in [7, 11) is 0. The number of nitrogens with one attached hydrogen (secondary N) is 1. The van der Waals surface area contributed by atoms with E-state index in [-0.39, 0.29) is 16.8 Å². The van der Waals surface area contributed by atoms with Crippen LogP contribution in [0.25, 0.3) is 0 Å². The van der Waals surface area contributed by atoms with Crippen LogP contribution >= 0.6 is 0 Å². The van der Waals surface area contributed by atoms with Crippen molar-refractivity contribution in [2.45, 2.75) is 5.92 Å². The fourth-order valence-electron chi connectivity index (χ4n) is 3.70. The van der Waals surface area contributed by atoms with Gasteiger partial charge in [0.15, 0.2) is 5.41 Å². The molecule has 5 nitrogen and oxygen atoms in total. The van der Waals surface area contributed by atoms with E-state index in [9.17, 15) is 24.6 Å². The third kappa shape index (κ3) is 2.28. The molecule has 2 aliphatic rings. The molecule has 2 atom stereocenters. The van der Waals surface area contributed by atoms with Crippen LogP contribution in [0, 0.1) is 57.0 Å². The molecule has 0 radical (unpaired) electrons. The van der Waals surface area contributed by atoms with Gasteiger partial charge in [0.1, 0.15) is 17.7 Å². The van der Waals surface area contributed by atoms with E-state index in [1.54, 1.807) is 6.08 Å². The van der Waals surface area contributed by atoms with Gasteiger partial charge in [-0.25, -0.2) is 8.78 Å². The number of hydrogen-bond acceptors (Lipinski definition) is 5. The molecule has 1 aromatic carbocycles. The average Bonchev–Trinajstić information content (AvgIpc) is 2.62. The maximum Gasteiger partial charge on any atom is 0.191 e. The lowest BCUT2D eigenvalue weighted by atomic mass is 9.58. The first-order valence-electron chi connectivity index (χ1n) is 7.59. The molecule has 25 heavy (non-hydrogen) atoms. The molecule has 0 saturated heterocycles. The summed E-state index contributed by atoms with van der Waals surface area (Å²) in [4.78, 5) is 0. The predicted molar refractivity (Wildman–Crippen MR) is 84.0 cm³/mol. The van der Waals surface area contributed by atoms with Crippen LogP contribution in [0.3, 0.4) is 0 Å². The lowest BCUT2D eigenvalue weighted by Gasteiger charge is -2.43. The predicted octanol–water partition coefficient (Wildman–Crippen LogP) is 1.98. The number of nitrogens with zero attached hydrogens (tertiary/aromatic N) is 3. The molecule has 1 heterocycles. The summed E-state index contributed by atoms with van der Waals surface area (Å²) in [6.45, 7) is 0.839. The van der Waals surface area contributed by atoms with Gasteiger partial charge < -0.3 is 11.1 Å². The van der Waals surface area contributed by atoms with Crippen molar-refractivity contribution in [3.05, 3.63) is 58.3 Å². The molecule has 0 saturated carbocycles.